The minimum absolute atomic E-state index is 0.0322. The minimum Gasteiger partial charge on any atom is -0.350 e. The molecule has 0 saturated carbocycles. The monoisotopic (exact) mass is 332 g/mol. The summed E-state index contributed by atoms with van der Waals surface area (Å²) >= 11 is 0. The van der Waals surface area contributed by atoms with Crippen molar-refractivity contribution >= 4 is 22.5 Å². The van der Waals surface area contributed by atoms with E-state index >= 15 is 0 Å². The van der Waals surface area contributed by atoms with Crippen molar-refractivity contribution in [1.82, 2.24) is 4.57 Å². The summed E-state index contributed by atoms with van der Waals surface area (Å²) in [7, 11) is 1.59. The number of halogens is 3. The normalized spacial score (nSPS) is 10.8. The van der Waals surface area contributed by atoms with E-state index in [0.29, 0.717) is 11.6 Å². The number of rotatable bonds is 2. The van der Waals surface area contributed by atoms with Crippen LogP contribution in [0.25, 0.3) is 10.9 Å². The van der Waals surface area contributed by atoms with Gasteiger partial charge in [0.2, 0.25) is 5.43 Å². The van der Waals surface area contributed by atoms with Gasteiger partial charge in [-0.3, -0.25) is 9.59 Å². The molecule has 1 N–H and O–H groups in total. The Bertz CT molecular complexity index is 1030. The van der Waals surface area contributed by atoms with Crippen LogP contribution >= 0.6 is 0 Å². The van der Waals surface area contributed by atoms with E-state index in [0.717, 1.165) is 18.2 Å². The fourth-order valence-corrected chi connectivity index (χ4v) is 2.41. The van der Waals surface area contributed by atoms with Crippen molar-refractivity contribution in [3.63, 3.8) is 0 Å². The van der Waals surface area contributed by atoms with Crippen molar-refractivity contribution < 1.29 is 18.0 Å². The number of hydrogen-bond donors (Lipinski definition) is 1. The first-order chi connectivity index (χ1) is 11.4. The molecule has 3 aromatic rings. The molecule has 0 aliphatic rings. The van der Waals surface area contributed by atoms with E-state index < -0.39 is 28.8 Å². The number of carbonyl (C=O) groups excluding carboxylic acids is 1. The topological polar surface area (TPSA) is 51.1 Å². The highest BCUT2D eigenvalue weighted by molar-refractivity contribution is 6.05. The van der Waals surface area contributed by atoms with Crippen LogP contribution in [0.15, 0.2) is 47.4 Å². The van der Waals surface area contributed by atoms with Crippen LogP contribution in [-0.2, 0) is 7.05 Å². The molecule has 0 atom stereocenters. The fraction of sp³-hybridized carbons (Fsp3) is 0.0588. The molecule has 122 valence electrons. The van der Waals surface area contributed by atoms with Gasteiger partial charge in [0.05, 0.1) is 11.2 Å². The largest absolute Gasteiger partial charge is 0.350 e. The van der Waals surface area contributed by atoms with Gasteiger partial charge in [0.1, 0.15) is 23.0 Å². The van der Waals surface area contributed by atoms with Crippen LogP contribution in [0.3, 0.4) is 0 Å². The molecule has 1 amide bonds. The van der Waals surface area contributed by atoms with Crippen LogP contribution in [0.1, 0.15) is 10.4 Å². The zero-order valence-electron chi connectivity index (χ0n) is 12.4. The number of anilines is 1. The molecule has 0 radical (unpaired) electrons. The van der Waals surface area contributed by atoms with Gasteiger partial charge < -0.3 is 9.88 Å². The lowest BCUT2D eigenvalue weighted by Crippen LogP contribution is -2.24. The second-order valence-electron chi connectivity index (χ2n) is 5.22. The van der Waals surface area contributed by atoms with Gasteiger partial charge >= 0.3 is 0 Å². The highest BCUT2D eigenvalue weighted by atomic mass is 19.1. The molecule has 1 heterocycles. The van der Waals surface area contributed by atoms with E-state index in [9.17, 15) is 22.8 Å². The SMILES string of the molecule is Cn1cc(C(=O)Nc2ccc(F)cc2F)c(=O)c2cc(F)ccc21. The summed E-state index contributed by atoms with van der Waals surface area (Å²) in [6, 6.07) is 6.31. The standard InChI is InChI=1S/C17H11F3N2O2/c1-22-8-12(16(23)11-6-9(18)3-5-15(11)22)17(24)21-14-4-2-10(19)7-13(14)20/h2-8H,1H3,(H,21,24). The number of nitrogens with zero attached hydrogens (tertiary/aromatic N) is 1. The first-order valence-corrected chi connectivity index (χ1v) is 6.92. The van der Waals surface area contributed by atoms with Gasteiger partial charge in [-0.1, -0.05) is 0 Å². The maximum absolute atomic E-state index is 13.6. The third-order valence-electron chi connectivity index (χ3n) is 3.57. The summed E-state index contributed by atoms with van der Waals surface area (Å²) in [4.78, 5) is 24.7. The van der Waals surface area contributed by atoms with Gasteiger partial charge in [0.25, 0.3) is 5.91 Å². The molecule has 0 bridgehead atoms. The van der Waals surface area contributed by atoms with E-state index in [2.05, 4.69) is 5.32 Å². The van der Waals surface area contributed by atoms with E-state index in [1.54, 1.807) is 7.05 Å². The molecule has 2 aromatic carbocycles. The van der Waals surface area contributed by atoms with Crippen LogP contribution in [0.2, 0.25) is 0 Å². The van der Waals surface area contributed by atoms with Crippen molar-refractivity contribution in [3.8, 4) is 0 Å². The zero-order valence-corrected chi connectivity index (χ0v) is 12.4. The summed E-state index contributed by atoms with van der Waals surface area (Å²) in [6.45, 7) is 0. The zero-order chi connectivity index (χ0) is 17.4. The third-order valence-corrected chi connectivity index (χ3v) is 3.57. The Labute approximate surface area is 134 Å². The van der Waals surface area contributed by atoms with Crippen LogP contribution in [0, 0.1) is 17.5 Å². The van der Waals surface area contributed by atoms with Gasteiger partial charge in [0, 0.05) is 24.7 Å². The number of nitrogens with one attached hydrogen (secondary N) is 1. The Hall–Kier alpha value is -3.09. The average Bonchev–Trinajstić information content (AvgIpc) is 2.53. The number of carbonyl (C=O) groups is 1. The quantitative estimate of drug-likeness (QED) is 0.783. The van der Waals surface area contributed by atoms with E-state index in [4.69, 9.17) is 0 Å². The molecule has 0 spiro atoms. The number of aromatic nitrogens is 1. The Kier molecular flexibility index (Phi) is 3.84. The Balaban J connectivity index is 2.07. The lowest BCUT2D eigenvalue weighted by molar-refractivity contribution is 0.102. The highest BCUT2D eigenvalue weighted by Gasteiger charge is 2.16. The smallest absolute Gasteiger partial charge is 0.261 e. The predicted octanol–water partition coefficient (Wildman–Crippen LogP) is 3.21. The first-order valence-electron chi connectivity index (χ1n) is 6.92. The second kappa shape index (κ2) is 5.84. The van der Waals surface area contributed by atoms with Gasteiger partial charge in [-0.05, 0) is 30.3 Å². The average molecular weight is 332 g/mol. The number of amides is 1. The molecule has 0 aliphatic carbocycles. The van der Waals surface area contributed by atoms with Gasteiger partial charge in [-0.15, -0.1) is 0 Å². The molecule has 3 rings (SSSR count). The highest BCUT2D eigenvalue weighted by Crippen LogP contribution is 2.17. The Morgan fingerprint density at radius 2 is 1.71 bits per heavy atom. The molecule has 0 aliphatic heterocycles. The second-order valence-corrected chi connectivity index (χ2v) is 5.22. The van der Waals surface area contributed by atoms with Crippen LogP contribution in [0.5, 0.6) is 0 Å². The van der Waals surface area contributed by atoms with Crippen molar-refractivity contribution in [2.45, 2.75) is 0 Å². The van der Waals surface area contributed by atoms with E-state index in [-0.39, 0.29) is 16.6 Å². The maximum atomic E-state index is 13.6. The predicted molar refractivity (Wildman–Crippen MR) is 83.5 cm³/mol. The molecule has 7 heteroatoms. The van der Waals surface area contributed by atoms with Crippen LogP contribution < -0.4 is 10.7 Å². The van der Waals surface area contributed by atoms with Crippen molar-refractivity contribution in [1.29, 1.82) is 0 Å². The molecule has 0 unspecified atom stereocenters. The molecule has 0 fully saturated rings. The van der Waals surface area contributed by atoms with E-state index in [1.807, 2.05) is 0 Å². The summed E-state index contributed by atoms with van der Waals surface area (Å²) in [6.07, 6.45) is 1.28. The molecular weight excluding hydrogens is 321 g/mol. The van der Waals surface area contributed by atoms with Crippen LogP contribution in [0.4, 0.5) is 18.9 Å². The van der Waals surface area contributed by atoms with E-state index in [1.165, 1.54) is 22.9 Å². The Morgan fingerprint density at radius 3 is 2.42 bits per heavy atom. The van der Waals surface area contributed by atoms with Crippen molar-refractivity contribution in [2.24, 2.45) is 7.05 Å². The van der Waals surface area contributed by atoms with Gasteiger partial charge in [0.15, 0.2) is 0 Å². The molecule has 1 aromatic heterocycles. The third kappa shape index (κ3) is 2.76. The minimum atomic E-state index is -0.966. The molecule has 0 saturated heterocycles. The molecule has 24 heavy (non-hydrogen) atoms. The van der Waals surface area contributed by atoms with Crippen molar-refractivity contribution in [3.05, 3.63) is 75.8 Å². The molecular formula is C17H11F3N2O2. The maximum Gasteiger partial charge on any atom is 0.261 e. The first kappa shape index (κ1) is 15.8. The van der Waals surface area contributed by atoms with Gasteiger partial charge in [-0.2, -0.15) is 0 Å². The summed E-state index contributed by atoms with van der Waals surface area (Å²) < 4.78 is 41.4. The number of benzene rings is 2. The summed E-state index contributed by atoms with van der Waals surface area (Å²) in [5.41, 5.74) is -0.768. The lowest BCUT2D eigenvalue weighted by atomic mass is 10.1. The van der Waals surface area contributed by atoms with Crippen molar-refractivity contribution in [2.75, 3.05) is 5.32 Å². The number of aryl methyl sites for hydroxylation is 1. The Morgan fingerprint density at radius 1 is 1.04 bits per heavy atom. The van der Waals surface area contributed by atoms with Crippen LogP contribution in [-0.4, -0.2) is 10.5 Å². The lowest BCUT2D eigenvalue weighted by Gasteiger charge is -2.10. The number of pyridine rings is 1. The molecule has 4 nitrogen and oxygen atoms in total. The fourth-order valence-electron chi connectivity index (χ4n) is 2.41. The summed E-state index contributed by atoms with van der Waals surface area (Å²) in [5.74, 6) is -3.23. The number of hydrogen-bond acceptors (Lipinski definition) is 2. The summed E-state index contributed by atoms with van der Waals surface area (Å²) in [5, 5.41) is 2.25. The van der Waals surface area contributed by atoms with Gasteiger partial charge in [-0.25, -0.2) is 13.2 Å². The number of fused-ring (bicyclic) bond motifs is 1.